The molecule has 5 heterocycles. The Morgan fingerprint density at radius 1 is 0.393 bits per heavy atom. The summed E-state index contributed by atoms with van der Waals surface area (Å²) >= 11 is 1.77. The average molecular weight is 793 g/mol. The molecular weight excluding hydrogens is 761 g/mol. The molecule has 0 bridgehead atoms. The number of hydrogen-bond acceptors (Lipinski definition) is 3. The largest absolute Gasteiger partial charge is 0.309 e. The van der Waals surface area contributed by atoms with E-state index in [-0.39, 0.29) is 0 Å². The van der Waals surface area contributed by atoms with Gasteiger partial charge in [-0.3, -0.25) is 0 Å². The maximum absolute atomic E-state index is 5.36. The smallest absolute Gasteiger partial charge is 0.160 e. The SMILES string of the molecule is c1ccc(-c2ccc(-c3nc(-c4ccc(-n5c6ccccc6c6cc7c8cc9ccccc9cc8n8c9ccccc9c(c65)c78)cc4)nc4c3sc3ccccc34)cc2)cc1. The highest BCUT2D eigenvalue weighted by Crippen LogP contribution is 2.47. The quantitative estimate of drug-likeness (QED) is 0.178. The summed E-state index contributed by atoms with van der Waals surface area (Å²) in [6, 6.07) is 70.5. The van der Waals surface area contributed by atoms with Crippen molar-refractivity contribution in [3.63, 3.8) is 0 Å². The summed E-state index contributed by atoms with van der Waals surface area (Å²) in [5, 5.41) is 11.3. The molecule has 0 N–H and O–H groups in total. The van der Waals surface area contributed by atoms with Gasteiger partial charge in [0.05, 0.1) is 43.5 Å². The number of thiophene rings is 1. The Kier molecular flexibility index (Phi) is 6.68. The molecule has 0 spiro atoms. The maximum atomic E-state index is 5.36. The van der Waals surface area contributed by atoms with Crippen LogP contribution in [0.15, 0.2) is 194 Å². The summed E-state index contributed by atoms with van der Waals surface area (Å²) in [7, 11) is 0. The number of para-hydroxylation sites is 2. The van der Waals surface area contributed by atoms with Crippen LogP contribution in [0, 0.1) is 0 Å². The molecule has 0 amide bonds. The van der Waals surface area contributed by atoms with Gasteiger partial charge in [0.15, 0.2) is 5.82 Å². The summed E-state index contributed by atoms with van der Waals surface area (Å²) < 4.78 is 7.29. The molecular formula is C56H32N4S. The van der Waals surface area contributed by atoms with Crippen LogP contribution in [0.5, 0.6) is 0 Å². The first-order valence-corrected chi connectivity index (χ1v) is 21.6. The first kappa shape index (κ1) is 33.0. The summed E-state index contributed by atoms with van der Waals surface area (Å²) in [6.07, 6.45) is 0. The van der Waals surface area contributed by atoms with Gasteiger partial charge in [-0.1, -0.05) is 133 Å². The van der Waals surface area contributed by atoms with Crippen molar-refractivity contribution < 1.29 is 0 Å². The lowest BCUT2D eigenvalue weighted by Crippen LogP contribution is -1.96. The number of aromatic nitrogens is 4. The van der Waals surface area contributed by atoms with E-state index < -0.39 is 0 Å². The van der Waals surface area contributed by atoms with E-state index in [2.05, 4.69) is 203 Å². The van der Waals surface area contributed by atoms with E-state index in [0.717, 1.165) is 43.9 Å². The second-order valence-corrected chi connectivity index (χ2v) is 17.2. The third-order valence-electron chi connectivity index (χ3n) is 12.8. The Balaban J connectivity index is 0.986. The van der Waals surface area contributed by atoms with Gasteiger partial charge in [-0.2, -0.15) is 0 Å². The lowest BCUT2D eigenvalue weighted by Gasteiger charge is -2.11. The number of rotatable bonds is 4. The van der Waals surface area contributed by atoms with Crippen molar-refractivity contribution in [3.8, 4) is 39.5 Å². The van der Waals surface area contributed by atoms with E-state index in [0.29, 0.717) is 0 Å². The minimum atomic E-state index is 0.720. The van der Waals surface area contributed by atoms with Crippen molar-refractivity contribution in [3.05, 3.63) is 194 Å². The number of fused-ring (bicyclic) bond motifs is 14. The molecule has 0 saturated carbocycles. The Morgan fingerprint density at radius 2 is 1.02 bits per heavy atom. The fourth-order valence-electron chi connectivity index (χ4n) is 10.1. The van der Waals surface area contributed by atoms with Crippen molar-refractivity contribution in [2.45, 2.75) is 0 Å². The molecule has 0 aliphatic rings. The number of hydrogen-bond donors (Lipinski definition) is 0. The molecule has 0 unspecified atom stereocenters. The van der Waals surface area contributed by atoms with Crippen molar-refractivity contribution in [1.82, 2.24) is 18.9 Å². The van der Waals surface area contributed by atoms with Gasteiger partial charge in [-0.25, -0.2) is 9.97 Å². The predicted octanol–water partition coefficient (Wildman–Crippen LogP) is 15.2. The van der Waals surface area contributed by atoms with Crippen LogP contribution in [0.4, 0.5) is 0 Å². The van der Waals surface area contributed by atoms with E-state index in [1.807, 2.05) is 0 Å². The minimum absolute atomic E-state index is 0.720. The zero-order chi connectivity index (χ0) is 39.8. The molecule has 5 aromatic heterocycles. The monoisotopic (exact) mass is 792 g/mol. The molecule has 9 aromatic carbocycles. The Labute approximate surface area is 353 Å². The molecule has 14 aromatic rings. The Hall–Kier alpha value is -7.86. The standard InChI is InChI=1S/C56H32N4S/c1-2-12-33(13-3-1)34-22-24-35(25-23-34)51-55-52(42-18-8-11-21-49(42)61-55)58-56(57-51)36-26-28-39(29-27-36)59-46-19-9-6-16-40(46)44-32-45-43-30-37-14-4-5-15-38(37)31-48(43)60-47-20-10-7-17-41(47)50(53(44)59)54(45)60/h1-32H. The van der Waals surface area contributed by atoms with E-state index in [1.54, 1.807) is 11.3 Å². The molecule has 5 heteroatoms. The molecule has 0 radical (unpaired) electrons. The number of benzene rings is 9. The van der Waals surface area contributed by atoms with Crippen LogP contribution < -0.4 is 0 Å². The minimum Gasteiger partial charge on any atom is -0.309 e. The molecule has 0 aliphatic carbocycles. The van der Waals surface area contributed by atoms with E-state index in [1.165, 1.54) is 86.5 Å². The molecule has 0 atom stereocenters. The molecule has 14 rings (SSSR count). The molecule has 0 aliphatic heterocycles. The molecule has 0 fully saturated rings. The summed E-state index contributed by atoms with van der Waals surface area (Å²) in [6.45, 7) is 0. The van der Waals surface area contributed by atoms with Gasteiger partial charge in [-0.05, 0) is 82.6 Å². The maximum Gasteiger partial charge on any atom is 0.160 e. The van der Waals surface area contributed by atoms with Crippen LogP contribution in [0.2, 0.25) is 0 Å². The summed E-state index contributed by atoms with van der Waals surface area (Å²) in [4.78, 5) is 10.7. The van der Waals surface area contributed by atoms with Gasteiger partial charge >= 0.3 is 0 Å². The number of nitrogens with zero attached hydrogens (tertiary/aromatic N) is 4. The van der Waals surface area contributed by atoms with Crippen molar-refractivity contribution in [1.29, 1.82) is 0 Å². The third kappa shape index (κ3) is 4.64. The highest BCUT2D eigenvalue weighted by atomic mass is 32.1. The topological polar surface area (TPSA) is 35.1 Å². The van der Waals surface area contributed by atoms with Gasteiger partial charge in [0.1, 0.15) is 0 Å². The van der Waals surface area contributed by atoms with Crippen LogP contribution in [-0.4, -0.2) is 18.9 Å². The van der Waals surface area contributed by atoms with E-state index >= 15 is 0 Å². The Bertz CT molecular complexity index is 4080. The first-order valence-electron chi connectivity index (χ1n) is 20.7. The Morgan fingerprint density at radius 3 is 1.84 bits per heavy atom. The lowest BCUT2D eigenvalue weighted by atomic mass is 10.0. The van der Waals surface area contributed by atoms with Crippen molar-refractivity contribution in [2.24, 2.45) is 0 Å². The summed E-state index contributed by atoms with van der Waals surface area (Å²) in [5.41, 5.74) is 13.7. The van der Waals surface area contributed by atoms with E-state index in [4.69, 9.17) is 9.97 Å². The van der Waals surface area contributed by atoms with Crippen molar-refractivity contribution >= 4 is 102 Å². The van der Waals surface area contributed by atoms with Gasteiger partial charge < -0.3 is 8.97 Å². The highest BCUT2D eigenvalue weighted by molar-refractivity contribution is 7.26. The van der Waals surface area contributed by atoms with Crippen LogP contribution in [0.25, 0.3) is 130 Å². The van der Waals surface area contributed by atoms with Crippen LogP contribution in [-0.2, 0) is 0 Å². The van der Waals surface area contributed by atoms with Crippen LogP contribution in [0.1, 0.15) is 0 Å². The summed E-state index contributed by atoms with van der Waals surface area (Å²) in [5.74, 6) is 0.720. The normalized spacial score (nSPS) is 12.3. The molecule has 0 saturated heterocycles. The van der Waals surface area contributed by atoms with Gasteiger partial charge in [0.2, 0.25) is 0 Å². The van der Waals surface area contributed by atoms with Gasteiger partial charge in [-0.15, -0.1) is 11.3 Å². The first-order chi connectivity index (χ1) is 30.2. The van der Waals surface area contributed by atoms with Crippen LogP contribution in [0.3, 0.4) is 0 Å². The second kappa shape index (κ2) is 12.3. The molecule has 282 valence electrons. The zero-order valence-corrected chi connectivity index (χ0v) is 33.5. The van der Waals surface area contributed by atoms with Crippen LogP contribution >= 0.6 is 11.3 Å². The van der Waals surface area contributed by atoms with Gasteiger partial charge in [0, 0.05) is 59.2 Å². The average Bonchev–Trinajstić information content (AvgIpc) is 4.06. The third-order valence-corrected chi connectivity index (χ3v) is 14.0. The lowest BCUT2D eigenvalue weighted by molar-refractivity contribution is 1.18. The molecule has 4 nitrogen and oxygen atoms in total. The van der Waals surface area contributed by atoms with E-state index in [9.17, 15) is 0 Å². The second-order valence-electron chi connectivity index (χ2n) is 16.1. The zero-order valence-electron chi connectivity index (χ0n) is 32.7. The fraction of sp³-hybridized carbons (Fsp3) is 0. The van der Waals surface area contributed by atoms with Gasteiger partial charge in [0.25, 0.3) is 0 Å². The highest BCUT2D eigenvalue weighted by Gasteiger charge is 2.25. The molecule has 61 heavy (non-hydrogen) atoms. The van der Waals surface area contributed by atoms with Crippen molar-refractivity contribution in [2.75, 3.05) is 0 Å². The fourth-order valence-corrected chi connectivity index (χ4v) is 11.2. The predicted molar refractivity (Wildman–Crippen MR) is 258 cm³/mol.